The van der Waals surface area contributed by atoms with Crippen molar-refractivity contribution in [3.8, 4) is 5.75 Å². The van der Waals surface area contributed by atoms with Crippen LogP contribution in [-0.4, -0.2) is 37.0 Å². The summed E-state index contributed by atoms with van der Waals surface area (Å²) in [6.45, 7) is 6.89. The molecule has 0 N–H and O–H groups in total. The Morgan fingerprint density at radius 3 is 2.41 bits per heavy atom. The third-order valence-corrected chi connectivity index (χ3v) is 5.39. The molecule has 1 heterocycles. The fourth-order valence-corrected chi connectivity index (χ4v) is 3.84. The molecule has 4 heteroatoms. The Labute approximate surface area is 162 Å². The Balaban J connectivity index is 1.67. The van der Waals surface area contributed by atoms with E-state index in [4.69, 9.17) is 4.74 Å². The zero-order valence-electron chi connectivity index (χ0n) is 16.6. The summed E-state index contributed by atoms with van der Waals surface area (Å²) >= 11 is 0. The molecule has 1 aliphatic rings. The normalized spacial score (nSPS) is 15.5. The van der Waals surface area contributed by atoms with Gasteiger partial charge in [0.05, 0.1) is 7.11 Å². The third kappa shape index (κ3) is 4.69. The van der Waals surface area contributed by atoms with E-state index in [9.17, 15) is 4.79 Å². The number of piperidine rings is 1. The zero-order valence-corrected chi connectivity index (χ0v) is 16.6. The van der Waals surface area contributed by atoms with Crippen molar-refractivity contribution in [3.63, 3.8) is 0 Å². The second kappa shape index (κ2) is 9.05. The number of benzene rings is 2. The number of rotatable bonds is 6. The highest BCUT2D eigenvalue weighted by Gasteiger charge is 2.28. The molecule has 0 unspecified atom stereocenters. The van der Waals surface area contributed by atoms with Crippen LogP contribution >= 0.6 is 0 Å². The molecule has 0 spiro atoms. The van der Waals surface area contributed by atoms with E-state index in [1.165, 1.54) is 11.1 Å². The molecule has 0 saturated carbocycles. The summed E-state index contributed by atoms with van der Waals surface area (Å²) in [6.07, 6.45) is 2.53. The number of likely N-dealkylation sites (tertiary alicyclic amines) is 1. The maximum absolute atomic E-state index is 12.6. The van der Waals surface area contributed by atoms with E-state index < -0.39 is 0 Å². The average molecular weight is 367 g/mol. The second-order valence-corrected chi connectivity index (χ2v) is 7.27. The van der Waals surface area contributed by atoms with Gasteiger partial charge in [-0.05, 0) is 38.0 Å². The minimum atomic E-state index is 0.210. The molecule has 0 radical (unpaired) electrons. The summed E-state index contributed by atoms with van der Waals surface area (Å²) in [5.41, 5.74) is 3.46. The van der Waals surface area contributed by atoms with Crippen molar-refractivity contribution in [1.29, 1.82) is 0 Å². The number of carbonyl (C=O) groups excluding carboxylic acids is 1. The number of nitrogens with zero attached hydrogens (tertiary/aromatic N) is 2. The molecule has 1 fully saturated rings. The number of para-hydroxylation sites is 1. The molecule has 27 heavy (non-hydrogen) atoms. The minimum Gasteiger partial charge on any atom is -0.496 e. The Morgan fingerprint density at radius 2 is 1.78 bits per heavy atom. The summed E-state index contributed by atoms with van der Waals surface area (Å²) in [6, 6.07) is 16.8. The van der Waals surface area contributed by atoms with Crippen LogP contribution in [0.1, 0.15) is 37.3 Å². The van der Waals surface area contributed by atoms with Crippen LogP contribution in [-0.2, 0) is 11.3 Å². The molecule has 1 saturated heterocycles. The summed E-state index contributed by atoms with van der Waals surface area (Å²) in [7, 11) is 1.72. The lowest BCUT2D eigenvalue weighted by molar-refractivity contribution is -0.119. The number of hydrogen-bond acceptors (Lipinski definition) is 3. The van der Waals surface area contributed by atoms with Crippen molar-refractivity contribution < 1.29 is 9.53 Å². The SMILES string of the molecule is CCC(=O)N(c1ccc(C)cc1)C1CCN(Cc2ccccc2OC)CC1. The lowest BCUT2D eigenvalue weighted by atomic mass is 10.0. The van der Waals surface area contributed by atoms with Crippen molar-refractivity contribution in [1.82, 2.24) is 4.90 Å². The summed E-state index contributed by atoms with van der Waals surface area (Å²) in [5.74, 6) is 1.16. The van der Waals surface area contributed by atoms with Crippen molar-refractivity contribution >= 4 is 11.6 Å². The van der Waals surface area contributed by atoms with Crippen LogP contribution < -0.4 is 9.64 Å². The number of hydrogen-bond donors (Lipinski definition) is 0. The standard InChI is InChI=1S/C23H30N2O2/c1-4-23(26)25(20-11-9-18(2)10-12-20)21-13-15-24(16-14-21)17-19-7-5-6-8-22(19)27-3/h5-12,21H,4,13-17H2,1-3H3. The molecule has 1 amide bonds. The number of anilines is 1. The van der Waals surface area contributed by atoms with Crippen molar-refractivity contribution in [3.05, 3.63) is 59.7 Å². The lowest BCUT2D eigenvalue weighted by Gasteiger charge is -2.38. The first-order valence-electron chi connectivity index (χ1n) is 9.85. The van der Waals surface area contributed by atoms with Gasteiger partial charge in [0.1, 0.15) is 5.75 Å². The monoisotopic (exact) mass is 366 g/mol. The maximum atomic E-state index is 12.6. The Kier molecular flexibility index (Phi) is 6.51. The molecule has 2 aromatic rings. The highest BCUT2D eigenvalue weighted by molar-refractivity contribution is 5.93. The topological polar surface area (TPSA) is 32.8 Å². The predicted molar refractivity (Wildman–Crippen MR) is 110 cm³/mol. The van der Waals surface area contributed by atoms with E-state index in [-0.39, 0.29) is 11.9 Å². The average Bonchev–Trinajstić information content (AvgIpc) is 2.71. The summed E-state index contributed by atoms with van der Waals surface area (Å²) in [5, 5.41) is 0. The molecule has 0 aliphatic carbocycles. The third-order valence-electron chi connectivity index (χ3n) is 5.39. The van der Waals surface area contributed by atoms with Gasteiger partial charge in [-0.25, -0.2) is 0 Å². The predicted octanol–water partition coefficient (Wildman–Crippen LogP) is 4.41. The molecule has 4 nitrogen and oxygen atoms in total. The number of ether oxygens (including phenoxy) is 1. The number of methoxy groups -OCH3 is 1. The highest BCUT2D eigenvalue weighted by Crippen LogP contribution is 2.27. The van der Waals surface area contributed by atoms with Gasteiger partial charge < -0.3 is 9.64 Å². The number of amides is 1. The van der Waals surface area contributed by atoms with Gasteiger partial charge in [-0.15, -0.1) is 0 Å². The molecule has 0 aromatic heterocycles. The first-order valence-corrected chi connectivity index (χ1v) is 9.85. The lowest BCUT2D eigenvalue weighted by Crippen LogP contribution is -2.47. The van der Waals surface area contributed by atoms with Gasteiger partial charge in [0.2, 0.25) is 5.91 Å². The first-order chi connectivity index (χ1) is 13.1. The van der Waals surface area contributed by atoms with Gasteiger partial charge in [-0.2, -0.15) is 0 Å². The van der Waals surface area contributed by atoms with Crippen LogP contribution in [0.2, 0.25) is 0 Å². The molecule has 0 atom stereocenters. The number of aryl methyl sites for hydroxylation is 1. The van der Waals surface area contributed by atoms with E-state index in [0.717, 1.165) is 43.9 Å². The van der Waals surface area contributed by atoms with E-state index >= 15 is 0 Å². The molecule has 1 aliphatic heterocycles. The van der Waals surface area contributed by atoms with Crippen molar-refractivity contribution in [2.24, 2.45) is 0 Å². The van der Waals surface area contributed by atoms with E-state index in [1.54, 1.807) is 7.11 Å². The van der Waals surface area contributed by atoms with Crippen LogP contribution in [0.25, 0.3) is 0 Å². The molecule has 2 aromatic carbocycles. The molecular weight excluding hydrogens is 336 g/mol. The quantitative estimate of drug-likeness (QED) is 0.759. The van der Waals surface area contributed by atoms with Gasteiger partial charge in [0.25, 0.3) is 0 Å². The van der Waals surface area contributed by atoms with Gasteiger partial charge in [0.15, 0.2) is 0 Å². The largest absolute Gasteiger partial charge is 0.496 e. The zero-order chi connectivity index (χ0) is 19.2. The fraction of sp³-hybridized carbons (Fsp3) is 0.435. The summed E-state index contributed by atoms with van der Waals surface area (Å²) < 4.78 is 5.48. The Hall–Kier alpha value is -2.33. The van der Waals surface area contributed by atoms with Crippen molar-refractivity contribution in [2.75, 3.05) is 25.1 Å². The number of carbonyl (C=O) groups is 1. The van der Waals surface area contributed by atoms with Crippen molar-refractivity contribution in [2.45, 2.75) is 45.7 Å². The molecular formula is C23H30N2O2. The molecule has 3 rings (SSSR count). The van der Waals surface area contributed by atoms with Crippen LogP contribution in [0.5, 0.6) is 5.75 Å². The second-order valence-electron chi connectivity index (χ2n) is 7.27. The van der Waals surface area contributed by atoms with Gasteiger partial charge in [-0.3, -0.25) is 9.69 Å². The van der Waals surface area contributed by atoms with Crippen LogP contribution in [0.15, 0.2) is 48.5 Å². The minimum absolute atomic E-state index is 0.210. The van der Waals surface area contributed by atoms with Crippen LogP contribution in [0.3, 0.4) is 0 Å². The van der Waals surface area contributed by atoms with Crippen LogP contribution in [0, 0.1) is 6.92 Å². The Bertz CT molecular complexity index is 749. The van der Waals surface area contributed by atoms with E-state index in [1.807, 2.05) is 24.0 Å². The fourth-order valence-electron chi connectivity index (χ4n) is 3.84. The summed E-state index contributed by atoms with van der Waals surface area (Å²) in [4.78, 5) is 17.1. The highest BCUT2D eigenvalue weighted by atomic mass is 16.5. The van der Waals surface area contributed by atoms with Gasteiger partial charge in [0, 0.05) is 43.3 Å². The Morgan fingerprint density at radius 1 is 1.11 bits per heavy atom. The first kappa shape index (κ1) is 19.4. The smallest absolute Gasteiger partial charge is 0.226 e. The molecule has 0 bridgehead atoms. The van der Waals surface area contributed by atoms with E-state index in [2.05, 4.69) is 48.2 Å². The van der Waals surface area contributed by atoms with Gasteiger partial charge >= 0.3 is 0 Å². The van der Waals surface area contributed by atoms with Crippen LogP contribution in [0.4, 0.5) is 5.69 Å². The maximum Gasteiger partial charge on any atom is 0.226 e. The molecule has 144 valence electrons. The van der Waals surface area contributed by atoms with E-state index in [0.29, 0.717) is 6.42 Å². The van der Waals surface area contributed by atoms with Gasteiger partial charge in [-0.1, -0.05) is 42.8 Å².